The predicted octanol–water partition coefficient (Wildman–Crippen LogP) is 4.27. The third-order valence-corrected chi connectivity index (χ3v) is 9.52. The number of pyridine rings is 1. The second kappa shape index (κ2) is 9.52. The Balaban J connectivity index is 1.13. The molecule has 206 valence electrons. The molecule has 0 aromatic carbocycles. The van der Waals surface area contributed by atoms with Crippen LogP contribution in [0.25, 0.3) is 10.8 Å². The van der Waals surface area contributed by atoms with E-state index in [4.69, 9.17) is 15.5 Å². The SMILES string of the molecule is Cc1nc(-c2ncccn2)sc1C(=O)N1CC2C(C1)C2Oc1cc(C(C)(C)N)cc(N2CCC(C)(C)CC2)n1. The van der Waals surface area contributed by atoms with Gasteiger partial charge in [0.15, 0.2) is 10.8 Å². The number of aryl methyl sites for hydroxylation is 1. The summed E-state index contributed by atoms with van der Waals surface area (Å²) in [5.74, 6) is 2.78. The summed E-state index contributed by atoms with van der Waals surface area (Å²) < 4.78 is 6.46. The number of thiazole rings is 1. The Morgan fingerprint density at radius 1 is 1.10 bits per heavy atom. The van der Waals surface area contributed by atoms with E-state index in [0.717, 1.165) is 43.0 Å². The number of fused-ring (bicyclic) bond motifs is 1. The molecule has 1 amide bonds. The Hall–Kier alpha value is -3.11. The smallest absolute Gasteiger partial charge is 0.265 e. The second-order valence-corrected chi connectivity index (χ2v) is 13.6. The van der Waals surface area contributed by atoms with Gasteiger partial charge < -0.3 is 20.3 Å². The van der Waals surface area contributed by atoms with E-state index in [-0.39, 0.29) is 12.0 Å². The van der Waals surface area contributed by atoms with Crippen molar-refractivity contribution in [2.24, 2.45) is 23.0 Å². The third kappa shape index (κ3) is 5.24. The molecule has 2 atom stereocenters. The Kier molecular flexibility index (Phi) is 6.38. The average Bonchev–Trinajstić information content (AvgIpc) is 3.21. The molecule has 0 bridgehead atoms. The number of carbonyl (C=O) groups excluding carboxylic acids is 1. The normalized spacial score (nSPS) is 24.0. The summed E-state index contributed by atoms with van der Waals surface area (Å²) in [6, 6.07) is 5.87. The van der Waals surface area contributed by atoms with E-state index in [1.54, 1.807) is 18.5 Å². The minimum Gasteiger partial charge on any atom is -0.474 e. The van der Waals surface area contributed by atoms with Crippen LogP contribution in [-0.4, -0.2) is 63.0 Å². The molecule has 1 aliphatic carbocycles. The molecule has 6 rings (SSSR count). The summed E-state index contributed by atoms with van der Waals surface area (Å²) >= 11 is 1.36. The number of nitrogens with zero attached hydrogens (tertiary/aromatic N) is 6. The molecular formula is C29H37N7O2S. The van der Waals surface area contributed by atoms with Crippen LogP contribution >= 0.6 is 11.3 Å². The lowest BCUT2D eigenvalue weighted by Gasteiger charge is -2.38. The van der Waals surface area contributed by atoms with Gasteiger partial charge in [-0.05, 0) is 56.7 Å². The van der Waals surface area contributed by atoms with E-state index in [1.165, 1.54) is 11.3 Å². The highest BCUT2D eigenvalue weighted by Crippen LogP contribution is 2.48. The van der Waals surface area contributed by atoms with Gasteiger partial charge in [0.2, 0.25) is 5.88 Å². The minimum atomic E-state index is -0.496. The van der Waals surface area contributed by atoms with Crippen LogP contribution in [0.1, 0.15) is 61.5 Å². The quantitative estimate of drug-likeness (QED) is 0.487. The standard InChI is InChI=1S/C29H37N7O2S/c1-17-24(39-26(33-17)25-31-9-6-10-32-25)27(37)36-15-19-20(16-36)23(19)38-22-14-18(29(4,5)30)13-21(34-22)35-11-7-28(2,3)8-12-35/h6,9-10,13-14,19-20,23H,7-8,11-12,15-16,30H2,1-5H3. The maximum absolute atomic E-state index is 13.3. The Bertz CT molecular complexity index is 1360. The van der Waals surface area contributed by atoms with Gasteiger partial charge in [0, 0.05) is 62.0 Å². The number of nitrogens with two attached hydrogens (primary N) is 1. The van der Waals surface area contributed by atoms with Crippen LogP contribution in [0.5, 0.6) is 5.88 Å². The first-order valence-corrected chi connectivity index (χ1v) is 14.6. The molecule has 9 nitrogen and oxygen atoms in total. The fourth-order valence-electron chi connectivity index (χ4n) is 5.62. The zero-order valence-electron chi connectivity index (χ0n) is 23.3. The van der Waals surface area contributed by atoms with Crippen molar-refractivity contribution in [3.8, 4) is 16.7 Å². The second-order valence-electron chi connectivity index (χ2n) is 12.6. The highest BCUT2D eigenvalue weighted by Gasteiger charge is 2.59. The average molecular weight is 548 g/mol. The number of rotatable bonds is 6. The number of carbonyl (C=O) groups is 1. The van der Waals surface area contributed by atoms with Crippen LogP contribution in [-0.2, 0) is 5.54 Å². The van der Waals surface area contributed by atoms with Crippen molar-refractivity contribution >= 4 is 23.1 Å². The molecule has 0 radical (unpaired) electrons. The van der Waals surface area contributed by atoms with E-state index in [2.05, 4.69) is 39.8 Å². The van der Waals surface area contributed by atoms with Gasteiger partial charge in [-0.1, -0.05) is 13.8 Å². The fraction of sp³-hybridized carbons (Fsp3) is 0.552. The first-order chi connectivity index (χ1) is 18.5. The number of ether oxygens (including phenoxy) is 1. The Labute approximate surface area is 233 Å². The summed E-state index contributed by atoms with van der Waals surface area (Å²) in [5.41, 5.74) is 8.12. The molecule has 2 unspecified atom stereocenters. The lowest BCUT2D eigenvalue weighted by atomic mass is 9.82. The number of hydrogen-bond donors (Lipinski definition) is 1. The zero-order valence-corrected chi connectivity index (χ0v) is 24.2. The van der Waals surface area contributed by atoms with Gasteiger partial charge in [0.25, 0.3) is 5.91 Å². The molecule has 2 aliphatic heterocycles. The molecule has 3 aromatic rings. The van der Waals surface area contributed by atoms with Gasteiger partial charge in [-0.25, -0.2) is 15.0 Å². The largest absolute Gasteiger partial charge is 0.474 e. The van der Waals surface area contributed by atoms with Crippen molar-refractivity contribution in [2.45, 2.75) is 59.1 Å². The maximum Gasteiger partial charge on any atom is 0.265 e. The molecule has 39 heavy (non-hydrogen) atoms. The van der Waals surface area contributed by atoms with E-state index in [9.17, 15) is 4.79 Å². The first-order valence-electron chi connectivity index (χ1n) is 13.8. The van der Waals surface area contributed by atoms with Crippen molar-refractivity contribution in [1.82, 2.24) is 24.8 Å². The van der Waals surface area contributed by atoms with Crippen LogP contribution in [0.3, 0.4) is 0 Å². The fourth-order valence-corrected chi connectivity index (χ4v) is 6.60. The molecule has 5 heterocycles. The van der Waals surface area contributed by atoms with Crippen molar-refractivity contribution < 1.29 is 9.53 Å². The first kappa shape index (κ1) is 26.1. The molecule has 1 saturated carbocycles. The molecule has 0 spiro atoms. The van der Waals surface area contributed by atoms with Crippen molar-refractivity contribution in [3.63, 3.8) is 0 Å². The van der Waals surface area contributed by atoms with Gasteiger partial charge in [-0.2, -0.15) is 4.98 Å². The molecule has 2 N–H and O–H groups in total. The van der Waals surface area contributed by atoms with E-state index < -0.39 is 5.54 Å². The van der Waals surface area contributed by atoms with Gasteiger partial charge in [0.05, 0.1) is 5.69 Å². The zero-order chi connectivity index (χ0) is 27.5. The van der Waals surface area contributed by atoms with Gasteiger partial charge in [0.1, 0.15) is 16.8 Å². The lowest BCUT2D eigenvalue weighted by molar-refractivity contribution is 0.0755. The number of aromatic nitrogens is 4. The highest BCUT2D eigenvalue weighted by atomic mass is 32.1. The summed E-state index contributed by atoms with van der Waals surface area (Å²) in [6.45, 7) is 13.9. The van der Waals surface area contributed by atoms with E-state index in [0.29, 0.717) is 51.9 Å². The highest BCUT2D eigenvalue weighted by molar-refractivity contribution is 7.17. The molecule has 10 heteroatoms. The van der Waals surface area contributed by atoms with Crippen LogP contribution in [0, 0.1) is 24.2 Å². The van der Waals surface area contributed by atoms with Crippen LogP contribution < -0.4 is 15.4 Å². The number of hydrogen-bond acceptors (Lipinski definition) is 9. The predicted molar refractivity (Wildman–Crippen MR) is 152 cm³/mol. The van der Waals surface area contributed by atoms with Crippen molar-refractivity contribution in [2.75, 3.05) is 31.1 Å². The van der Waals surface area contributed by atoms with E-state index in [1.807, 2.05) is 31.7 Å². The molecular weight excluding hydrogens is 510 g/mol. The molecule has 3 fully saturated rings. The van der Waals surface area contributed by atoms with Gasteiger partial charge in [-0.15, -0.1) is 11.3 Å². The summed E-state index contributed by atoms with van der Waals surface area (Å²) in [5, 5.41) is 0.670. The minimum absolute atomic E-state index is 0.0263. The summed E-state index contributed by atoms with van der Waals surface area (Å²) in [6.07, 6.45) is 5.71. The molecule has 3 aromatic heterocycles. The van der Waals surface area contributed by atoms with Crippen molar-refractivity contribution in [3.05, 3.63) is 46.7 Å². The summed E-state index contributed by atoms with van der Waals surface area (Å²) in [4.78, 5) is 36.3. The number of anilines is 1. The topological polar surface area (TPSA) is 110 Å². The van der Waals surface area contributed by atoms with Crippen LogP contribution in [0.15, 0.2) is 30.6 Å². The molecule has 3 aliphatic rings. The molecule has 2 saturated heterocycles. The number of amides is 1. The maximum atomic E-state index is 13.3. The van der Waals surface area contributed by atoms with E-state index >= 15 is 0 Å². The lowest BCUT2D eigenvalue weighted by Crippen LogP contribution is -2.38. The number of piperidine rings is 2. The monoisotopic (exact) mass is 547 g/mol. The Morgan fingerprint density at radius 3 is 2.41 bits per heavy atom. The van der Waals surface area contributed by atoms with Gasteiger partial charge >= 0.3 is 0 Å². The number of likely N-dealkylation sites (tertiary alicyclic amines) is 1. The van der Waals surface area contributed by atoms with Crippen molar-refractivity contribution in [1.29, 1.82) is 0 Å². The summed E-state index contributed by atoms with van der Waals surface area (Å²) in [7, 11) is 0. The Morgan fingerprint density at radius 2 is 1.77 bits per heavy atom. The third-order valence-electron chi connectivity index (χ3n) is 8.38. The van der Waals surface area contributed by atoms with Crippen LogP contribution in [0.4, 0.5) is 5.82 Å². The van der Waals surface area contributed by atoms with Gasteiger partial charge in [-0.3, -0.25) is 4.79 Å². The van der Waals surface area contributed by atoms with Crippen LogP contribution in [0.2, 0.25) is 0 Å².